The summed E-state index contributed by atoms with van der Waals surface area (Å²) in [4.78, 5) is 15.1. The lowest BCUT2D eigenvalue weighted by molar-refractivity contribution is -0.117. The Morgan fingerprint density at radius 2 is 2.06 bits per heavy atom. The molecule has 4 rings (SSSR count). The van der Waals surface area contributed by atoms with E-state index in [9.17, 15) is 13.2 Å². The van der Waals surface area contributed by atoms with Gasteiger partial charge >= 0.3 is 0 Å². The second-order valence-corrected chi connectivity index (χ2v) is 11.4. The smallest absolute Gasteiger partial charge is 0.221 e. The number of carbonyl (C=O) groups is 1. The molecule has 0 saturated carbocycles. The highest BCUT2D eigenvalue weighted by Crippen LogP contribution is 2.37. The highest BCUT2D eigenvalue weighted by atomic mass is 32.2. The van der Waals surface area contributed by atoms with E-state index in [0.29, 0.717) is 32.7 Å². The molecular weight excluding hydrogens is 458 g/mol. The average Bonchev–Trinajstić information content (AvgIpc) is 3.47. The molecule has 7 nitrogen and oxygen atoms in total. The molecule has 1 aliphatic rings. The first-order chi connectivity index (χ1) is 15.9. The number of amides is 1. The van der Waals surface area contributed by atoms with Gasteiger partial charge in [0.1, 0.15) is 0 Å². The summed E-state index contributed by atoms with van der Waals surface area (Å²) in [5.74, 6) is 0.0242. The van der Waals surface area contributed by atoms with Crippen molar-refractivity contribution in [3.63, 3.8) is 0 Å². The van der Waals surface area contributed by atoms with E-state index in [1.165, 1.54) is 5.56 Å². The quantitative estimate of drug-likeness (QED) is 0.422. The third-order valence-corrected chi connectivity index (χ3v) is 8.94. The monoisotopic (exact) mass is 489 g/mol. The molecule has 0 radical (unpaired) electrons. The van der Waals surface area contributed by atoms with Gasteiger partial charge in [0.2, 0.25) is 15.9 Å². The molecule has 3 heterocycles. The number of H-pyrrole nitrogens is 1. The first-order valence-corrected chi connectivity index (χ1v) is 13.9. The van der Waals surface area contributed by atoms with Gasteiger partial charge in [-0.3, -0.25) is 4.79 Å². The number of nitrogens with zero attached hydrogens (tertiary/aromatic N) is 1. The summed E-state index contributed by atoms with van der Waals surface area (Å²) in [6.07, 6.45) is 4.25. The van der Waals surface area contributed by atoms with E-state index in [0.717, 1.165) is 40.4 Å². The summed E-state index contributed by atoms with van der Waals surface area (Å²) in [5, 5.41) is 5.22. The maximum Gasteiger partial charge on any atom is 0.221 e. The van der Waals surface area contributed by atoms with Gasteiger partial charge in [0, 0.05) is 43.4 Å². The Labute approximate surface area is 199 Å². The first kappa shape index (κ1) is 23.9. The second-order valence-electron chi connectivity index (χ2n) is 8.50. The van der Waals surface area contributed by atoms with E-state index < -0.39 is 10.0 Å². The third-order valence-electron chi connectivity index (χ3n) is 6.30. The number of piperidine rings is 1. The summed E-state index contributed by atoms with van der Waals surface area (Å²) < 4.78 is 32.3. The largest absolute Gasteiger partial charge is 0.382 e. The zero-order chi connectivity index (χ0) is 23.4. The van der Waals surface area contributed by atoms with Gasteiger partial charge in [-0.05, 0) is 83.3 Å². The van der Waals surface area contributed by atoms with Crippen molar-refractivity contribution in [2.75, 3.05) is 32.1 Å². The standard InChI is InChI=1S/C24H31N3O4S2/c1-2-31-9-3-11-33(29,30)27-7-4-17(5-8-27)22-15-26-24-20(14-23(25)28)12-19(13-21(22)24)18-6-10-32-16-18/h6,10,12-13,15-17,26H,2-5,7-9,11,14H2,1H3,(H2,25,28). The predicted octanol–water partition coefficient (Wildman–Crippen LogP) is 3.86. The summed E-state index contributed by atoms with van der Waals surface area (Å²) in [5.41, 5.74) is 10.7. The molecule has 2 aromatic heterocycles. The number of thiophene rings is 1. The van der Waals surface area contributed by atoms with E-state index in [-0.39, 0.29) is 24.0 Å². The lowest BCUT2D eigenvalue weighted by Gasteiger charge is -2.31. The van der Waals surface area contributed by atoms with Crippen LogP contribution in [0.1, 0.15) is 43.2 Å². The molecule has 1 aliphatic heterocycles. The highest BCUT2D eigenvalue weighted by molar-refractivity contribution is 7.89. The van der Waals surface area contributed by atoms with E-state index in [2.05, 4.69) is 22.5 Å². The summed E-state index contributed by atoms with van der Waals surface area (Å²) in [7, 11) is -3.26. The van der Waals surface area contributed by atoms with E-state index in [1.807, 2.05) is 24.6 Å². The molecule has 3 aromatic rings. The van der Waals surface area contributed by atoms with Crippen LogP contribution in [0.4, 0.5) is 0 Å². The number of hydrogen-bond acceptors (Lipinski definition) is 5. The molecule has 3 N–H and O–H groups in total. The van der Waals surface area contributed by atoms with Gasteiger partial charge in [0.05, 0.1) is 12.2 Å². The number of benzene rings is 1. The molecule has 1 aromatic carbocycles. The Morgan fingerprint density at radius 3 is 2.73 bits per heavy atom. The number of carbonyl (C=O) groups excluding carboxylic acids is 1. The van der Waals surface area contributed by atoms with Crippen molar-refractivity contribution >= 4 is 38.2 Å². The van der Waals surface area contributed by atoms with E-state index >= 15 is 0 Å². The number of aromatic amines is 1. The van der Waals surface area contributed by atoms with Gasteiger partial charge in [-0.25, -0.2) is 12.7 Å². The maximum absolute atomic E-state index is 12.7. The summed E-state index contributed by atoms with van der Waals surface area (Å²) >= 11 is 1.63. The summed E-state index contributed by atoms with van der Waals surface area (Å²) in [6.45, 7) is 4.02. The van der Waals surface area contributed by atoms with Crippen LogP contribution in [0.3, 0.4) is 0 Å². The van der Waals surface area contributed by atoms with Crippen LogP contribution < -0.4 is 5.73 Å². The van der Waals surface area contributed by atoms with Crippen LogP contribution in [0, 0.1) is 0 Å². The van der Waals surface area contributed by atoms with Crippen LogP contribution >= 0.6 is 11.3 Å². The van der Waals surface area contributed by atoms with Crippen molar-refractivity contribution in [2.45, 2.75) is 38.5 Å². The first-order valence-electron chi connectivity index (χ1n) is 11.4. The van der Waals surface area contributed by atoms with Gasteiger partial charge in [0.25, 0.3) is 0 Å². The van der Waals surface area contributed by atoms with Gasteiger partial charge in [-0.2, -0.15) is 11.3 Å². The number of primary amides is 1. The number of sulfonamides is 1. The molecule has 178 valence electrons. The lowest BCUT2D eigenvalue weighted by atomic mass is 9.88. The minimum atomic E-state index is -3.26. The molecule has 1 fully saturated rings. The third kappa shape index (κ3) is 5.48. The van der Waals surface area contributed by atoms with Gasteiger partial charge in [-0.15, -0.1) is 0 Å². The van der Waals surface area contributed by atoms with Crippen LogP contribution in [-0.4, -0.2) is 55.7 Å². The molecule has 1 saturated heterocycles. The molecule has 0 bridgehead atoms. The fraction of sp³-hybridized carbons (Fsp3) is 0.458. The Bertz CT molecular complexity index is 1190. The number of nitrogens with one attached hydrogen (secondary N) is 1. The Morgan fingerprint density at radius 1 is 1.27 bits per heavy atom. The Hall–Kier alpha value is -2.20. The number of rotatable bonds is 10. The molecule has 9 heteroatoms. The van der Waals surface area contributed by atoms with E-state index in [4.69, 9.17) is 10.5 Å². The zero-order valence-electron chi connectivity index (χ0n) is 18.9. The van der Waals surface area contributed by atoms with Gasteiger partial charge in [0.15, 0.2) is 0 Å². The van der Waals surface area contributed by atoms with Crippen molar-refractivity contribution in [1.29, 1.82) is 0 Å². The SMILES string of the molecule is CCOCCCS(=O)(=O)N1CCC(c2c[nH]c3c(CC(N)=O)cc(-c4ccsc4)cc23)CC1. The number of hydrogen-bond donors (Lipinski definition) is 2. The minimum absolute atomic E-state index is 0.130. The van der Waals surface area contributed by atoms with Crippen molar-refractivity contribution in [3.8, 4) is 11.1 Å². The normalized spacial score (nSPS) is 15.9. The molecule has 0 spiro atoms. The molecule has 0 unspecified atom stereocenters. The number of aromatic nitrogens is 1. The van der Waals surface area contributed by atoms with Crippen molar-refractivity contribution in [2.24, 2.45) is 5.73 Å². The predicted molar refractivity (Wildman–Crippen MR) is 133 cm³/mol. The minimum Gasteiger partial charge on any atom is -0.382 e. The number of fused-ring (bicyclic) bond motifs is 1. The van der Waals surface area contributed by atoms with E-state index in [1.54, 1.807) is 15.6 Å². The number of nitrogens with two attached hydrogens (primary N) is 1. The lowest BCUT2D eigenvalue weighted by Crippen LogP contribution is -2.39. The zero-order valence-corrected chi connectivity index (χ0v) is 20.5. The van der Waals surface area contributed by atoms with Crippen LogP contribution in [0.25, 0.3) is 22.0 Å². The van der Waals surface area contributed by atoms with Crippen LogP contribution in [0.2, 0.25) is 0 Å². The Kier molecular flexibility index (Phi) is 7.53. The molecule has 0 atom stereocenters. The highest BCUT2D eigenvalue weighted by Gasteiger charge is 2.29. The van der Waals surface area contributed by atoms with Crippen LogP contribution in [0.15, 0.2) is 35.2 Å². The second kappa shape index (κ2) is 10.4. The van der Waals surface area contributed by atoms with Crippen LogP contribution in [-0.2, 0) is 26.0 Å². The number of ether oxygens (including phenoxy) is 1. The van der Waals surface area contributed by atoms with Crippen molar-refractivity contribution < 1.29 is 17.9 Å². The topological polar surface area (TPSA) is 105 Å². The molecular formula is C24H31N3O4S2. The summed E-state index contributed by atoms with van der Waals surface area (Å²) in [6, 6.07) is 6.28. The fourth-order valence-corrected chi connectivity index (χ4v) is 6.82. The van der Waals surface area contributed by atoms with Gasteiger partial charge < -0.3 is 15.5 Å². The van der Waals surface area contributed by atoms with Crippen LogP contribution in [0.5, 0.6) is 0 Å². The Balaban J connectivity index is 1.55. The molecule has 0 aliphatic carbocycles. The maximum atomic E-state index is 12.7. The van der Waals surface area contributed by atoms with Gasteiger partial charge in [-0.1, -0.05) is 0 Å². The average molecular weight is 490 g/mol. The fourth-order valence-electron chi connectivity index (χ4n) is 4.65. The molecule has 33 heavy (non-hydrogen) atoms. The molecule has 1 amide bonds. The van der Waals surface area contributed by atoms with Crippen molar-refractivity contribution in [3.05, 3.63) is 46.3 Å². The van der Waals surface area contributed by atoms with Crippen molar-refractivity contribution in [1.82, 2.24) is 9.29 Å².